The molecule has 0 spiro atoms. The van der Waals surface area contributed by atoms with Crippen molar-refractivity contribution >= 4 is 27.8 Å². The molecule has 7 nitrogen and oxygen atoms in total. The summed E-state index contributed by atoms with van der Waals surface area (Å²) in [6.07, 6.45) is 3.10. The van der Waals surface area contributed by atoms with E-state index < -0.39 is 5.97 Å². The van der Waals surface area contributed by atoms with Crippen LogP contribution in [0.15, 0.2) is 65.4 Å². The van der Waals surface area contributed by atoms with Gasteiger partial charge in [0.1, 0.15) is 5.75 Å². The monoisotopic (exact) mass is 471 g/mol. The number of hydrogen-bond acceptors (Lipinski definition) is 5. The highest BCUT2D eigenvalue weighted by Crippen LogP contribution is 2.21. The maximum absolute atomic E-state index is 12.6. The van der Waals surface area contributed by atoms with Crippen molar-refractivity contribution in [3.63, 3.8) is 0 Å². The van der Waals surface area contributed by atoms with Crippen molar-refractivity contribution in [2.24, 2.45) is 0 Å². The molecule has 1 N–H and O–H groups in total. The first-order chi connectivity index (χ1) is 14.5. The van der Waals surface area contributed by atoms with Crippen molar-refractivity contribution in [2.45, 2.75) is 13.0 Å². The highest BCUT2D eigenvalue weighted by Gasteiger charge is 2.19. The molecule has 0 saturated heterocycles. The lowest BCUT2D eigenvalue weighted by Gasteiger charge is -2.19. The molecule has 1 aromatic heterocycles. The van der Waals surface area contributed by atoms with Crippen LogP contribution < -0.4 is 10.1 Å². The lowest BCUT2D eigenvalue weighted by Crippen LogP contribution is -2.31. The van der Waals surface area contributed by atoms with Gasteiger partial charge in [-0.05, 0) is 48.9 Å². The van der Waals surface area contributed by atoms with E-state index in [1.54, 1.807) is 49.2 Å². The Balaban J connectivity index is 1.80. The van der Waals surface area contributed by atoms with Crippen molar-refractivity contribution in [2.75, 3.05) is 20.3 Å². The number of methoxy groups -OCH3 is 1. The largest absolute Gasteiger partial charge is 0.497 e. The van der Waals surface area contributed by atoms with Gasteiger partial charge in [-0.15, -0.1) is 0 Å². The molecular formula is C22H22BrN3O4. The van der Waals surface area contributed by atoms with Crippen LogP contribution in [0.1, 0.15) is 39.2 Å². The molecule has 1 amide bonds. The molecule has 0 radical (unpaired) electrons. The van der Waals surface area contributed by atoms with Crippen LogP contribution in [0, 0.1) is 0 Å². The summed E-state index contributed by atoms with van der Waals surface area (Å²) in [7, 11) is 1.58. The van der Waals surface area contributed by atoms with Crippen LogP contribution in [0.25, 0.3) is 0 Å². The smallest absolute Gasteiger partial charge is 0.341 e. The summed E-state index contributed by atoms with van der Waals surface area (Å²) in [5, 5.41) is 7.27. The molecule has 1 atom stereocenters. The van der Waals surface area contributed by atoms with E-state index in [-0.39, 0.29) is 25.1 Å². The number of benzene rings is 2. The van der Waals surface area contributed by atoms with Crippen molar-refractivity contribution in [3.05, 3.63) is 82.1 Å². The highest BCUT2D eigenvalue weighted by atomic mass is 79.9. The summed E-state index contributed by atoms with van der Waals surface area (Å²) in [5.74, 6) is 0.0421. The molecule has 0 bridgehead atoms. The van der Waals surface area contributed by atoms with Gasteiger partial charge in [0.25, 0.3) is 5.91 Å². The van der Waals surface area contributed by atoms with E-state index in [4.69, 9.17) is 9.47 Å². The second-order valence-corrected chi connectivity index (χ2v) is 7.35. The molecule has 2 aromatic carbocycles. The zero-order chi connectivity index (χ0) is 21.5. The van der Waals surface area contributed by atoms with Crippen molar-refractivity contribution < 1.29 is 19.1 Å². The van der Waals surface area contributed by atoms with Gasteiger partial charge in [0.05, 0.1) is 31.5 Å². The van der Waals surface area contributed by atoms with Crippen LogP contribution in [-0.4, -0.2) is 41.9 Å². The van der Waals surface area contributed by atoms with Crippen LogP contribution >= 0.6 is 15.9 Å². The Hall–Kier alpha value is -3.13. The normalized spacial score (nSPS) is 11.6. The fourth-order valence-electron chi connectivity index (χ4n) is 2.91. The van der Waals surface area contributed by atoms with Gasteiger partial charge in [0.15, 0.2) is 0 Å². The van der Waals surface area contributed by atoms with Gasteiger partial charge in [-0.3, -0.25) is 9.48 Å². The summed E-state index contributed by atoms with van der Waals surface area (Å²) >= 11 is 3.43. The van der Waals surface area contributed by atoms with E-state index in [2.05, 4.69) is 26.3 Å². The summed E-state index contributed by atoms with van der Waals surface area (Å²) in [5.41, 5.74) is 1.82. The SMILES string of the molecule is CCOC(=O)c1cnn(C(CNC(=O)c2ccc(OC)cc2)c2ccc(Br)cc2)c1. The Morgan fingerprint density at radius 3 is 2.43 bits per heavy atom. The second-order valence-electron chi connectivity index (χ2n) is 6.44. The summed E-state index contributed by atoms with van der Waals surface area (Å²) in [6.45, 7) is 2.33. The van der Waals surface area contributed by atoms with Gasteiger partial charge in [0.2, 0.25) is 0 Å². The quantitative estimate of drug-likeness (QED) is 0.504. The first-order valence-electron chi connectivity index (χ1n) is 9.40. The third-order valence-corrected chi connectivity index (χ3v) is 5.02. The molecule has 0 aliphatic rings. The topological polar surface area (TPSA) is 82.5 Å². The van der Waals surface area contributed by atoms with Gasteiger partial charge in [-0.2, -0.15) is 5.10 Å². The average molecular weight is 472 g/mol. The summed E-state index contributed by atoms with van der Waals surface area (Å²) in [4.78, 5) is 24.6. The predicted octanol–water partition coefficient (Wildman–Crippen LogP) is 3.85. The molecule has 0 fully saturated rings. The number of rotatable bonds is 8. The minimum absolute atomic E-state index is 0.211. The van der Waals surface area contributed by atoms with Gasteiger partial charge in [-0.25, -0.2) is 4.79 Å². The molecule has 8 heteroatoms. The van der Waals surface area contributed by atoms with E-state index >= 15 is 0 Å². The molecule has 0 aliphatic heterocycles. The first-order valence-corrected chi connectivity index (χ1v) is 10.2. The first kappa shape index (κ1) is 21.6. The van der Waals surface area contributed by atoms with Crippen LogP contribution in [0.5, 0.6) is 5.75 Å². The Kier molecular flexibility index (Phi) is 7.24. The average Bonchev–Trinajstić information content (AvgIpc) is 3.25. The van der Waals surface area contributed by atoms with Gasteiger partial charge >= 0.3 is 5.97 Å². The lowest BCUT2D eigenvalue weighted by molar-refractivity contribution is 0.0526. The van der Waals surface area contributed by atoms with Crippen molar-refractivity contribution in [1.29, 1.82) is 0 Å². The summed E-state index contributed by atoms with van der Waals surface area (Å²) in [6, 6.07) is 14.3. The van der Waals surface area contributed by atoms with Gasteiger partial charge in [0, 0.05) is 22.8 Å². The number of carbonyl (C=O) groups excluding carboxylic acids is 2. The standard InChI is InChI=1S/C22H22BrN3O4/c1-3-30-22(28)17-12-25-26(14-17)20(15-4-8-18(23)9-5-15)13-24-21(27)16-6-10-19(29-2)11-7-16/h4-12,14,20H,3,13H2,1-2H3,(H,24,27). The molecule has 156 valence electrons. The minimum Gasteiger partial charge on any atom is -0.497 e. The Labute approximate surface area is 183 Å². The number of nitrogens with zero attached hydrogens (tertiary/aromatic N) is 2. The van der Waals surface area contributed by atoms with Crippen LogP contribution in [0.3, 0.4) is 0 Å². The number of nitrogens with one attached hydrogen (secondary N) is 1. The van der Waals surface area contributed by atoms with E-state index in [1.807, 2.05) is 24.3 Å². The van der Waals surface area contributed by atoms with E-state index in [9.17, 15) is 9.59 Å². The lowest BCUT2D eigenvalue weighted by atomic mass is 10.1. The number of esters is 1. The van der Waals surface area contributed by atoms with Gasteiger partial charge < -0.3 is 14.8 Å². The maximum Gasteiger partial charge on any atom is 0.341 e. The number of ether oxygens (including phenoxy) is 2. The van der Waals surface area contributed by atoms with E-state index in [0.717, 1.165) is 10.0 Å². The van der Waals surface area contributed by atoms with Gasteiger partial charge in [-0.1, -0.05) is 28.1 Å². The van der Waals surface area contributed by atoms with Crippen molar-refractivity contribution in [1.82, 2.24) is 15.1 Å². The molecule has 3 rings (SSSR count). The zero-order valence-electron chi connectivity index (χ0n) is 16.7. The summed E-state index contributed by atoms with van der Waals surface area (Å²) < 4.78 is 12.8. The van der Waals surface area contributed by atoms with Crippen LogP contribution in [0.2, 0.25) is 0 Å². The Morgan fingerprint density at radius 2 is 1.80 bits per heavy atom. The number of carbonyl (C=O) groups is 2. The third-order valence-electron chi connectivity index (χ3n) is 4.49. The molecule has 0 saturated carbocycles. The second kappa shape index (κ2) is 10.1. The minimum atomic E-state index is -0.430. The molecule has 1 unspecified atom stereocenters. The Morgan fingerprint density at radius 1 is 1.10 bits per heavy atom. The predicted molar refractivity (Wildman–Crippen MR) is 116 cm³/mol. The number of halogens is 1. The Bertz CT molecular complexity index is 1000. The number of amides is 1. The third kappa shape index (κ3) is 5.27. The molecule has 30 heavy (non-hydrogen) atoms. The fraction of sp³-hybridized carbons (Fsp3) is 0.227. The molecule has 3 aromatic rings. The maximum atomic E-state index is 12.6. The molecule has 1 heterocycles. The van der Waals surface area contributed by atoms with Crippen molar-refractivity contribution in [3.8, 4) is 5.75 Å². The molecule has 0 aliphatic carbocycles. The highest BCUT2D eigenvalue weighted by molar-refractivity contribution is 9.10. The van der Waals surface area contributed by atoms with Crippen LogP contribution in [-0.2, 0) is 4.74 Å². The van der Waals surface area contributed by atoms with E-state index in [1.165, 1.54) is 6.20 Å². The molecular weight excluding hydrogens is 450 g/mol. The fourth-order valence-corrected chi connectivity index (χ4v) is 3.18. The van der Waals surface area contributed by atoms with Crippen LogP contribution in [0.4, 0.5) is 0 Å². The zero-order valence-corrected chi connectivity index (χ0v) is 18.3. The number of hydrogen-bond donors (Lipinski definition) is 1. The van der Waals surface area contributed by atoms with E-state index in [0.29, 0.717) is 16.9 Å². The number of aromatic nitrogens is 2.